The van der Waals surface area contributed by atoms with Gasteiger partial charge in [0.15, 0.2) is 0 Å². The zero-order valence-corrected chi connectivity index (χ0v) is 6.97. The van der Waals surface area contributed by atoms with E-state index in [0.717, 1.165) is 25.7 Å². The van der Waals surface area contributed by atoms with Crippen LogP contribution in [0.5, 0.6) is 0 Å². The summed E-state index contributed by atoms with van der Waals surface area (Å²) in [5.74, 6) is 0.170. The molecule has 0 bridgehead atoms. The first kappa shape index (κ1) is 8.55. The van der Waals surface area contributed by atoms with Gasteiger partial charge in [0.25, 0.3) is 0 Å². The number of nitrogens with zero attached hydrogens (tertiary/aromatic N) is 1. The Labute approximate surface area is 71.1 Å². The predicted octanol–water partition coefficient (Wildman–Crippen LogP) is 2.08. The summed E-state index contributed by atoms with van der Waals surface area (Å²) in [5, 5.41) is 8.31. The van der Waals surface area contributed by atoms with Gasteiger partial charge in [-0.1, -0.05) is 0 Å². The van der Waals surface area contributed by atoms with Gasteiger partial charge >= 0.3 is 0 Å². The highest BCUT2D eigenvalue weighted by atomic mass is 35.5. The quantitative estimate of drug-likeness (QED) is 0.567. The van der Waals surface area contributed by atoms with Gasteiger partial charge in [0, 0.05) is 11.8 Å². The molecule has 0 saturated heterocycles. The topological polar surface area (TPSA) is 40.9 Å². The summed E-state index contributed by atoms with van der Waals surface area (Å²) in [6.45, 7) is 0. The van der Waals surface area contributed by atoms with E-state index in [-0.39, 0.29) is 17.1 Å². The van der Waals surface area contributed by atoms with Gasteiger partial charge in [-0.05, 0) is 37.3 Å². The second-order valence-corrected chi connectivity index (χ2v) is 3.35. The molecule has 1 rings (SSSR count). The lowest BCUT2D eigenvalue weighted by molar-refractivity contribution is -0.116. The highest BCUT2D eigenvalue weighted by molar-refractivity contribution is 6.63. The van der Waals surface area contributed by atoms with Crippen LogP contribution in [0.2, 0.25) is 0 Å². The molecule has 1 aliphatic rings. The zero-order valence-electron chi connectivity index (χ0n) is 6.22. The van der Waals surface area contributed by atoms with Gasteiger partial charge in [0.05, 0.1) is 6.07 Å². The Hall–Kier alpha value is -0.550. The van der Waals surface area contributed by atoms with E-state index >= 15 is 0 Å². The molecule has 1 fully saturated rings. The number of hydrogen-bond donors (Lipinski definition) is 0. The summed E-state index contributed by atoms with van der Waals surface area (Å²) in [6, 6.07) is 2.21. The van der Waals surface area contributed by atoms with Crippen LogP contribution in [0.15, 0.2) is 0 Å². The average Bonchev–Trinajstić information content (AvgIpc) is 2.05. The lowest BCUT2D eigenvalue weighted by Gasteiger charge is -2.21. The minimum absolute atomic E-state index is 0.0151. The molecule has 0 heterocycles. The summed E-state index contributed by atoms with van der Waals surface area (Å²) in [7, 11) is 0. The fourth-order valence-corrected chi connectivity index (χ4v) is 1.67. The number of carbonyl (C=O) groups is 1. The van der Waals surface area contributed by atoms with Crippen LogP contribution in [0.1, 0.15) is 25.7 Å². The Morgan fingerprint density at radius 3 is 2.27 bits per heavy atom. The van der Waals surface area contributed by atoms with E-state index in [4.69, 9.17) is 16.9 Å². The smallest absolute Gasteiger partial charge is 0.224 e. The largest absolute Gasteiger partial charge is 0.281 e. The first-order chi connectivity index (χ1) is 5.24. The molecule has 11 heavy (non-hydrogen) atoms. The molecular formula is C8H10ClNO. The van der Waals surface area contributed by atoms with Crippen molar-refractivity contribution >= 4 is 16.8 Å². The molecule has 0 aromatic heterocycles. The Bertz CT molecular complexity index is 189. The molecule has 0 aliphatic heterocycles. The lowest BCUT2D eigenvalue weighted by Crippen LogP contribution is -2.17. The SMILES string of the molecule is N#CC1CCC(C(=O)Cl)CC1. The fraction of sp³-hybridized carbons (Fsp3) is 0.750. The van der Waals surface area contributed by atoms with Crippen LogP contribution in [0.4, 0.5) is 0 Å². The molecule has 0 N–H and O–H groups in total. The zero-order chi connectivity index (χ0) is 8.27. The maximum atomic E-state index is 10.7. The molecule has 0 unspecified atom stereocenters. The third kappa shape index (κ3) is 2.20. The van der Waals surface area contributed by atoms with E-state index in [1.165, 1.54) is 0 Å². The van der Waals surface area contributed by atoms with Crippen molar-refractivity contribution in [2.24, 2.45) is 11.8 Å². The Balaban J connectivity index is 2.37. The minimum atomic E-state index is -0.235. The molecule has 0 aromatic carbocycles. The summed E-state index contributed by atoms with van der Waals surface area (Å²) >= 11 is 5.33. The molecule has 0 spiro atoms. The second kappa shape index (κ2) is 3.73. The van der Waals surface area contributed by atoms with Crippen molar-refractivity contribution in [2.45, 2.75) is 25.7 Å². The Morgan fingerprint density at radius 1 is 1.36 bits per heavy atom. The number of nitriles is 1. The van der Waals surface area contributed by atoms with Crippen molar-refractivity contribution in [1.29, 1.82) is 5.26 Å². The number of rotatable bonds is 1. The maximum Gasteiger partial charge on any atom is 0.224 e. The van der Waals surface area contributed by atoms with Crippen molar-refractivity contribution in [3.8, 4) is 6.07 Å². The molecule has 0 aromatic rings. The predicted molar refractivity (Wildman–Crippen MR) is 41.9 cm³/mol. The van der Waals surface area contributed by atoms with Crippen LogP contribution in [-0.2, 0) is 4.79 Å². The molecule has 0 amide bonds. The van der Waals surface area contributed by atoms with Crippen molar-refractivity contribution in [1.82, 2.24) is 0 Å². The number of hydrogen-bond acceptors (Lipinski definition) is 2. The summed E-state index contributed by atoms with van der Waals surface area (Å²) in [5.41, 5.74) is 0. The molecule has 3 heteroatoms. The molecule has 60 valence electrons. The van der Waals surface area contributed by atoms with E-state index in [2.05, 4.69) is 6.07 Å². The summed E-state index contributed by atoms with van der Waals surface area (Å²) in [4.78, 5) is 10.7. The second-order valence-electron chi connectivity index (χ2n) is 2.98. The first-order valence-corrected chi connectivity index (χ1v) is 4.21. The average molecular weight is 172 g/mol. The molecule has 2 nitrogen and oxygen atoms in total. The molecule has 0 radical (unpaired) electrons. The van der Waals surface area contributed by atoms with Crippen molar-refractivity contribution in [3.05, 3.63) is 0 Å². The van der Waals surface area contributed by atoms with E-state index in [0.29, 0.717) is 0 Å². The van der Waals surface area contributed by atoms with Gasteiger partial charge in [0.1, 0.15) is 0 Å². The number of halogens is 1. The number of carbonyl (C=O) groups excluding carboxylic acids is 1. The molecule has 1 aliphatic carbocycles. The van der Waals surface area contributed by atoms with Crippen LogP contribution in [0.25, 0.3) is 0 Å². The molecule has 1 saturated carbocycles. The summed E-state index contributed by atoms with van der Waals surface area (Å²) in [6.07, 6.45) is 3.25. The fourth-order valence-electron chi connectivity index (χ4n) is 1.45. The third-order valence-electron chi connectivity index (χ3n) is 2.23. The van der Waals surface area contributed by atoms with Crippen LogP contribution >= 0.6 is 11.6 Å². The lowest BCUT2D eigenvalue weighted by atomic mass is 9.83. The Morgan fingerprint density at radius 2 is 1.91 bits per heavy atom. The highest BCUT2D eigenvalue weighted by Gasteiger charge is 2.24. The first-order valence-electron chi connectivity index (χ1n) is 3.83. The van der Waals surface area contributed by atoms with Crippen molar-refractivity contribution in [3.63, 3.8) is 0 Å². The van der Waals surface area contributed by atoms with Gasteiger partial charge in [-0.2, -0.15) is 5.26 Å². The van der Waals surface area contributed by atoms with Crippen LogP contribution in [-0.4, -0.2) is 5.24 Å². The minimum Gasteiger partial charge on any atom is -0.281 e. The van der Waals surface area contributed by atoms with Crippen LogP contribution in [0, 0.1) is 23.2 Å². The van der Waals surface area contributed by atoms with Crippen LogP contribution < -0.4 is 0 Å². The van der Waals surface area contributed by atoms with E-state index in [1.54, 1.807) is 0 Å². The van der Waals surface area contributed by atoms with E-state index < -0.39 is 0 Å². The monoisotopic (exact) mass is 171 g/mol. The molecule has 0 atom stereocenters. The summed E-state index contributed by atoms with van der Waals surface area (Å²) < 4.78 is 0. The van der Waals surface area contributed by atoms with Gasteiger partial charge in [-0.15, -0.1) is 0 Å². The van der Waals surface area contributed by atoms with Crippen molar-refractivity contribution < 1.29 is 4.79 Å². The standard InChI is InChI=1S/C8H10ClNO/c9-8(11)7-3-1-6(5-10)2-4-7/h6-7H,1-4H2. The van der Waals surface area contributed by atoms with Gasteiger partial charge in [-0.25, -0.2) is 0 Å². The Kier molecular flexibility index (Phi) is 2.90. The van der Waals surface area contributed by atoms with E-state index in [1.807, 2.05) is 0 Å². The maximum absolute atomic E-state index is 10.7. The third-order valence-corrected chi connectivity index (χ3v) is 2.54. The normalized spacial score (nSPS) is 30.9. The van der Waals surface area contributed by atoms with Gasteiger partial charge < -0.3 is 0 Å². The van der Waals surface area contributed by atoms with Gasteiger partial charge in [-0.3, -0.25) is 4.79 Å². The van der Waals surface area contributed by atoms with Crippen LogP contribution in [0.3, 0.4) is 0 Å². The molecular weight excluding hydrogens is 162 g/mol. The highest BCUT2D eigenvalue weighted by Crippen LogP contribution is 2.29. The van der Waals surface area contributed by atoms with E-state index in [9.17, 15) is 4.79 Å². The van der Waals surface area contributed by atoms with Crippen molar-refractivity contribution in [2.75, 3.05) is 0 Å². The van der Waals surface area contributed by atoms with Gasteiger partial charge in [0.2, 0.25) is 5.24 Å².